The summed E-state index contributed by atoms with van der Waals surface area (Å²) in [4.78, 5) is 11.7. The zero-order valence-electron chi connectivity index (χ0n) is 9.93. The van der Waals surface area contributed by atoms with E-state index in [-0.39, 0.29) is 24.1 Å². The van der Waals surface area contributed by atoms with Crippen molar-refractivity contribution >= 4 is 5.95 Å². The van der Waals surface area contributed by atoms with Crippen LogP contribution in [0.3, 0.4) is 0 Å². The minimum absolute atomic E-state index is 0.0567. The molecule has 0 spiro atoms. The summed E-state index contributed by atoms with van der Waals surface area (Å²) in [5.41, 5.74) is 5.52. The number of hydrogen-bond acceptors (Lipinski definition) is 6. The van der Waals surface area contributed by atoms with Crippen molar-refractivity contribution in [1.29, 1.82) is 0 Å². The number of anilines is 1. The van der Waals surface area contributed by atoms with Crippen molar-refractivity contribution in [3.63, 3.8) is 0 Å². The van der Waals surface area contributed by atoms with Crippen LogP contribution >= 0.6 is 0 Å². The van der Waals surface area contributed by atoms with E-state index in [1.165, 1.54) is 0 Å². The molecule has 1 atom stereocenters. The largest absolute Gasteiger partial charge is 0.464 e. The van der Waals surface area contributed by atoms with Crippen LogP contribution in [0.15, 0.2) is 0 Å². The summed E-state index contributed by atoms with van der Waals surface area (Å²) < 4.78 is 10.6. The molecule has 1 unspecified atom stereocenters. The van der Waals surface area contributed by atoms with Gasteiger partial charge in [-0.25, -0.2) is 0 Å². The Bertz CT molecular complexity index is 333. The minimum Gasteiger partial charge on any atom is -0.464 e. The Hall–Kier alpha value is -1.59. The molecule has 0 aliphatic rings. The zero-order chi connectivity index (χ0) is 12.0. The number of aromatic nitrogens is 3. The third-order valence-electron chi connectivity index (χ3n) is 1.89. The van der Waals surface area contributed by atoms with Crippen LogP contribution in [0.1, 0.15) is 33.6 Å². The third-order valence-corrected chi connectivity index (χ3v) is 1.89. The lowest BCUT2D eigenvalue weighted by Crippen LogP contribution is -2.14. The van der Waals surface area contributed by atoms with Gasteiger partial charge in [-0.15, -0.1) is 4.98 Å². The molecule has 0 amide bonds. The molecule has 0 fully saturated rings. The highest BCUT2D eigenvalue weighted by atomic mass is 16.5. The molecule has 0 saturated carbocycles. The lowest BCUT2D eigenvalue weighted by molar-refractivity contribution is 0.187. The molecule has 1 rings (SSSR count). The second kappa shape index (κ2) is 6.09. The van der Waals surface area contributed by atoms with Gasteiger partial charge in [0, 0.05) is 0 Å². The summed E-state index contributed by atoms with van der Waals surface area (Å²) in [5, 5.41) is 0. The van der Waals surface area contributed by atoms with Gasteiger partial charge in [-0.05, 0) is 20.3 Å². The van der Waals surface area contributed by atoms with Crippen molar-refractivity contribution < 1.29 is 9.47 Å². The summed E-state index contributed by atoms with van der Waals surface area (Å²) in [6, 6.07) is 0.422. The van der Waals surface area contributed by atoms with E-state index < -0.39 is 0 Å². The fourth-order valence-corrected chi connectivity index (χ4v) is 1.24. The Balaban J connectivity index is 2.71. The molecule has 1 heterocycles. The van der Waals surface area contributed by atoms with Crippen LogP contribution in [0.25, 0.3) is 0 Å². The number of nitrogens with two attached hydrogens (primary N) is 1. The molecule has 0 aliphatic carbocycles. The normalized spacial score (nSPS) is 12.2. The van der Waals surface area contributed by atoms with E-state index in [0.717, 1.165) is 12.8 Å². The molecule has 6 heteroatoms. The molecule has 0 bridgehead atoms. The number of nitrogen functional groups attached to an aromatic ring is 1. The van der Waals surface area contributed by atoms with Gasteiger partial charge in [0.2, 0.25) is 5.95 Å². The van der Waals surface area contributed by atoms with Gasteiger partial charge in [0.1, 0.15) is 0 Å². The standard InChI is InChI=1S/C10H18N4O2/c1-4-6-7(3)16-10-13-8(11)12-9(14-10)15-5-2/h7H,4-6H2,1-3H3,(H2,11,12,13,14). The molecule has 0 saturated heterocycles. The van der Waals surface area contributed by atoms with Crippen molar-refractivity contribution in [1.82, 2.24) is 15.0 Å². The smallest absolute Gasteiger partial charge is 0.324 e. The van der Waals surface area contributed by atoms with Crippen LogP contribution < -0.4 is 15.2 Å². The second-order valence-electron chi connectivity index (χ2n) is 3.41. The molecule has 2 N–H and O–H groups in total. The van der Waals surface area contributed by atoms with Crippen LogP contribution in [0.5, 0.6) is 12.0 Å². The van der Waals surface area contributed by atoms with E-state index in [2.05, 4.69) is 21.9 Å². The first-order chi connectivity index (χ1) is 7.65. The second-order valence-corrected chi connectivity index (χ2v) is 3.41. The average Bonchev–Trinajstić information content (AvgIpc) is 2.17. The van der Waals surface area contributed by atoms with Crippen LogP contribution in [0.4, 0.5) is 5.95 Å². The van der Waals surface area contributed by atoms with Gasteiger partial charge in [0.25, 0.3) is 0 Å². The van der Waals surface area contributed by atoms with Crippen LogP contribution in [-0.2, 0) is 0 Å². The lowest BCUT2D eigenvalue weighted by atomic mass is 10.2. The van der Waals surface area contributed by atoms with Gasteiger partial charge >= 0.3 is 12.0 Å². The van der Waals surface area contributed by atoms with E-state index in [4.69, 9.17) is 15.2 Å². The maximum absolute atomic E-state index is 5.52. The summed E-state index contributed by atoms with van der Waals surface area (Å²) in [6.07, 6.45) is 2.04. The highest BCUT2D eigenvalue weighted by Crippen LogP contribution is 2.13. The van der Waals surface area contributed by atoms with Gasteiger partial charge in [-0.2, -0.15) is 9.97 Å². The molecule has 1 aromatic heterocycles. The Morgan fingerprint density at radius 1 is 1.19 bits per heavy atom. The monoisotopic (exact) mass is 226 g/mol. The molecule has 6 nitrogen and oxygen atoms in total. The number of hydrogen-bond donors (Lipinski definition) is 1. The first-order valence-electron chi connectivity index (χ1n) is 5.46. The number of nitrogens with zero attached hydrogens (tertiary/aromatic N) is 3. The Morgan fingerprint density at radius 3 is 2.50 bits per heavy atom. The topological polar surface area (TPSA) is 83.2 Å². The fourth-order valence-electron chi connectivity index (χ4n) is 1.24. The van der Waals surface area contributed by atoms with Gasteiger partial charge < -0.3 is 15.2 Å². The average molecular weight is 226 g/mol. The highest BCUT2D eigenvalue weighted by Gasteiger charge is 2.09. The van der Waals surface area contributed by atoms with E-state index in [1.807, 2.05) is 13.8 Å². The zero-order valence-corrected chi connectivity index (χ0v) is 9.93. The maximum Gasteiger partial charge on any atom is 0.324 e. The van der Waals surface area contributed by atoms with Crippen LogP contribution in [0, 0.1) is 0 Å². The van der Waals surface area contributed by atoms with Crippen molar-refractivity contribution in [3.8, 4) is 12.0 Å². The van der Waals surface area contributed by atoms with Crippen LogP contribution in [-0.4, -0.2) is 27.7 Å². The quantitative estimate of drug-likeness (QED) is 0.789. The highest BCUT2D eigenvalue weighted by molar-refractivity contribution is 5.20. The molecule has 0 radical (unpaired) electrons. The van der Waals surface area contributed by atoms with Crippen LogP contribution in [0.2, 0.25) is 0 Å². The molecule has 0 aliphatic heterocycles. The molecule has 1 aromatic rings. The first kappa shape index (κ1) is 12.5. The summed E-state index contributed by atoms with van der Waals surface area (Å²) in [6.45, 7) is 6.38. The lowest BCUT2D eigenvalue weighted by Gasteiger charge is -2.12. The molecule has 0 aromatic carbocycles. The summed E-state index contributed by atoms with van der Waals surface area (Å²) in [5.74, 6) is 0.108. The molecule has 90 valence electrons. The van der Waals surface area contributed by atoms with E-state index in [1.54, 1.807) is 0 Å². The van der Waals surface area contributed by atoms with Crippen molar-refractivity contribution in [2.24, 2.45) is 0 Å². The maximum atomic E-state index is 5.52. The predicted molar refractivity (Wildman–Crippen MR) is 60.4 cm³/mol. The van der Waals surface area contributed by atoms with E-state index in [0.29, 0.717) is 6.61 Å². The fraction of sp³-hybridized carbons (Fsp3) is 0.700. The van der Waals surface area contributed by atoms with Crippen molar-refractivity contribution in [3.05, 3.63) is 0 Å². The third kappa shape index (κ3) is 3.88. The molecule has 16 heavy (non-hydrogen) atoms. The van der Waals surface area contributed by atoms with Crippen molar-refractivity contribution in [2.45, 2.75) is 39.7 Å². The summed E-state index contributed by atoms with van der Waals surface area (Å²) >= 11 is 0. The first-order valence-corrected chi connectivity index (χ1v) is 5.46. The predicted octanol–water partition coefficient (Wildman–Crippen LogP) is 1.42. The number of ether oxygens (including phenoxy) is 2. The minimum atomic E-state index is 0.0567. The van der Waals surface area contributed by atoms with Gasteiger partial charge in [0.05, 0.1) is 12.7 Å². The summed E-state index contributed by atoms with van der Waals surface area (Å²) in [7, 11) is 0. The van der Waals surface area contributed by atoms with Gasteiger partial charge in [0.15, 0.2) is 0 Å². The Labute approximate surface area is 95.2 Å². The van der Waals surface area contributed by atoms with E-state index in [9.17, 15) is 0 Å². The molecular weight excluding hydrogens is 208 g/mol. The SMILES string of the molecule is CCCC(C)Oc1nc(N)nc(OCC)n1. The van der Waals surface area contributed by atoms with E-state index >= 15 is 0 Å². The number of rotatable bonds is 6. The van der Waals surface area contributed by atoms with Crippen molar-refractivity contribution in [2.75, 3.05) is 12.3 Å². The Morgan fingerprint density at radius 2 is 1.88 bits per heavy atom. The molecular formula is C10H18N4O2. The van der Waals surface area contributed by atoms with Gasteiger partial charge in [-0.1, -0.05) is 13.3 Å². The van der Waals surface area contributed by atoms with Gasteiger partial charge in [-0.3, -0.25) is 0 Å². The Kier molecular flexibility index (Phi) is 4.75.